The first-order valence-corrected chi connectivity index (χ1v) is 8.82. The number of nitrogens with one attached hydrogen (secondary N) is 1. The Morgan fingerprint density at radius 3 is 2.71 bits per heavy atom. The van der Waals surface area contributed by atoms with Crippen LogP contribution >= 0.6 is 0 Å². The molecule has 1 atom stereocenters. The van der Waals surface area contributed by atoms with E-state index < -0.39 is 17.8 Å². The molecule has 1 aliphatic heterocycles. The normalized spacial score (nSPS) is 13.6. The summed E-state index contributed by atoms with van der Waals surface area (Å²) in [6, 6.07) is 10.6. The summed E-state index contributed by atoms with van der Waals surface area (Å²) >= 11 is 0. The van der Waals surface area contributed by atoms with E-state index in [1.54, 1.807) is 24.3 Å². The molecule has 1 aliphatic rings. The summed E-state index contributed by atoms with van der Waals surface area (Å²) in [5.74, 6) is 0.683. The summed E-state index contributed by atoms with van der Waals surface area (Å²) in [4.78, 5) is 16.9. The highest BCUT2D eigenvalue weighted by Crippen LogP contribution is 2.35. The highest BCUT2D eigenvalue weighted by Gasteiger charge is 2.26. The Morgan fingerprint density at radius 1 is 1.14 bits per heavy atom. The van der Waals surface area contributed by atoms with Crippen LogP contribution in [0.3, 0.4) is 0 Å². The van der Waals surface area contributed by atoms with Gasteiger partial charge in [0.25, 0.3) is 5.91 Å². The molecule has 1 aromatic heterocycles. The average Bonchev–Trinajstić information content (AvgIpc) is 3.34. The standard InChI is InChI=1S/C20H18FN3O4/c1-11(2)17(22-19(25)13-5-3-4-6-14(13)21)20-23-18(24-28-20)12-7-8-15-16(9-12)27-10-26-15/h3-9,11,17H,10H2,1-2H3,(H,22,25)/t17-/m1/s1. The summed E-state index contributed by atoms with van der Waals surface area (Å²) in [6.45, 7) is 3.97. The van der Waals surface area contributed by atoms with Gasteiger partial charge in [-0.1, -0.05) is 31.1 Å². The van der Waals surface area contributed by atoms with E-state index in [0.717, 1.165) is 0 Å². The lowest BCUT2D eigenvalue weighted by molar-refractivity contribution is 0.0909. The van der Waals surface area contributed by atoms with E-state index in [9.17, 15) is 9.18 Å². The van der Waals surface area contributed by atoms with Crippen molar-refractivity contribution in [2.24, 2.45) is 5.92 Å². The lowest BCUT2D eigenvalue weighted by Crippen LogP contribution is -2.32. The van der Waals surface area contributed by atoms with E-state index in [2.05, 4.69) is 15.5 Å². The fraction of sp³-hybridized carbons (Fsp3) is 0.250. The van der Waals surface area contributed by atoms with Gasteiger partial charge >= 0.3 is 0 Å². The average molecular weight is 383 g/mol. The van der Waals surface area contributed by atoms with Crippen molar-refractivity contribution in [1.82, 2.24) is 15.5 Å². The fourth-order valence-corrected chi connectivity index (χ4v) is 2.89. The highest BCUT2D eigenvalue weighted by molar-refractivity contribution is 5.94. The topological polar surface area (TPSA) is 86.5 Å². The Morgan fingerprint density at radius 2 is 1.93 bits per heavy atom. The smallest absolute Gasteiger partial charge is 0.254 e. The number of rotatable bonds is 5. The number of carbonyl (C=O) groups excluding carboxylic acids is 1. The molecule has 0 unspecified atom stereocenters. The first-order valence-electron chi connectivity index (χ1n) is 8.82. The van der Waals surface area contributed by atoms with E-state index in [0.29, 0.717) is 22.9 Å². The van der Waals surface area contributed by atoms with Crippen LogP contribution in [0.25, 0.3) is 11.4 Å². The largest absolute Gasteiger partial charge is 0.454 e. The van der Waals surface area contributed by atoms with E-state index in [4.69, 9.17) is 14.0 Å². The van der Waals surface area contributed by atoms with Crippen LogP contribution in [0, 0.1) is 11.7 Å². The molecular weight excluding hydrogens is 365 g/mol. The number of halogens is 1. The summed E-state index contributed by atoms with van der Waals surface area (Å²) in [5.41, 5.74) is 0.658. The molecule has 0 radical (unpaired) electrons. The molecule has 0 saturated carbocycles. The first-order chi connectivity index (χ1) is 13.5. The Labute approximate surface area is 160 Å². The summed E-state index contributed by atoms with van der Waals surface area (Å²) < 4.78 is 29.9. The third-order valence-electron chi connectivity index (χ3n) is 4.41. The molecule has 4 rings (SSSR count). The van der Waals surface area contributed by atoms with Gasteiger partial charge in [-0.15, -0.1) is 0 Å². The molecule has 3 aromatic rings. The third-order valence-corrected chi connectivity index (χ3v) is 4.41. The van der Waals surface area contributed by atoms with Gasteiger partial charge in [-0.3, -0.25) is 4.79 Å². The molecule has 0 saturated heterocycles. The van der Waals surface area contributed by atoms with E-state index in [1.165, 1.54) is 18.2 Å². The van der Waals surface area contributed by atoms with Crippen molar-refractivity contribution in [2.45, 2.75) is 19.9 Å². The van der Waals surface area contributed by atoms with Gasteiger partial charge < -0.3 is 19.3 Å². The maximum Gasteiger partial charge on any atom is 0.254 e. The summed E-state index contributed by atoms with van der Waals surface area (Å²) in [7, 11) is 0. The fourth-order valence-electron chi connectivity index (χ4n) is 2.89. The number of amides is 1. The molecule has 0 spiro atoms. The molecule has 0 fully saturated rings. The highest BCUT2D eigenvalue weighted by atomic mass is 19.1. The van der Waals surface area contributed by atoms with Crippen LogP contribution in [0.4, 0.5) is 4.39 Å². The molecule has 2 heterocycles. The molecule has 1 amide bonds. The van der Waals surface area contributed by atoms with Gasteiger partial charge in [0.2, 0.25) is 18.5 Å². The SMILES string of the molecule is CC(C)[C@@H](NC(=O)c1ccccc1F)c1nc(-c2ccc3c(c2)OCO3)no1. The number of fused-ring (bicyclic) bond motifs is 1. The molecule has 144 valence electrons. The number of nitrogens with zero attached hydrogens (tertiary/aromatic N) is 2. The second-order valence-electron chi connectivity index (χ2n) is 6.70. The maximum atomic E-state index is 13.9. The molecule has 0 aliphatic carbocycles. The maximum absolute atomic E-state index is 13.9. The van der Waals surface area contributed by atoms with Crippen molar-refractivity contribution in [3.05, 3.63) is 59.7 Å². The molecule has 2 aromatic carbocycles. The number of aromatic nitrogens is 2. The van der Waals surface area contributed by atoms with Crippen LogP contribution in [0.2, 0.25) is 0 Å². The Kier molecular flexibility index (Phi) is 4.68. The minimum atomic E-state index is -0.589. The van der Waals surface area contributed by atoms with Crippen LogP contribution in [0.15, 0.2) is 47.0 Å². The van der Waals surface area contributed by atoms with Gasteiger partial charge in [0.15, 0.2) is 11.5 Å². The number of ether oxygens (including phenoxy) is 2. The van der Waals surface area contributed by atoms with E-state index >= 15 is 0 Å². The monoisotopic (exact) mass is 383 g/mol. The van der Waals surface area contributed by atoms with Gasteiger partial charge in [0.05, 0.1) is 5.56 Å². The van der Waals surface area contributed by atoms with Crippen LogP contribution in [0.5, 0.6) is 11.5 Å². The second kappa shape index (κ2) is 7.30. The zero-order chi connectivity index (χ0) is 19.7. The first kappa shape index (κ1) is 18.0. The Hall–Kier alpha value is -3.42. The number of benzene rings is 2. The predicted molar refractivity (Wildman–Crippen MR) is 97.3 cm³/mol. The lowest BCUT2D eigenvalue weighted by Gasteiger charge is -2.18. The number of carbonyl (C=O) groups is 1. The van der Waals surface area contributed by atoms with Crippen LogP contribution in [-0.2, 0) is 0 Å². The molecular formula is C20H18FN3O4. The molecule has 28 heavy (non-hydrogen) atoms. The lowest BCUT2D eigenvalue weighted by atomic mass is 10.0. The molecule has 0 bridgehead atoms. The zero-order valence-electron chi connectivity index (χ0n) is 15.3. The van der Waals surface area contributed by atoms with Crippen molar-refractivity contribution in [3.63, 3.8) is 0 Å². The summed E-state index contributed by atoms with van der Waals surface area (Å²) in [6.07, 6.45) is 0. The molecule has 8 heteroatoms. The van der Waals surface area contributed by atoms with E-state index in [-0.39, 0.29) is 24.2 Å². The van der Waals surface area contributed by atoms with Crippen molar-refractivity contribution in [1.29, 1.82) is 0 Å². The predicted octanol–water partition coefficient (Wildman–Crippen LogP) is 3.73. The van der Waals surface area contributed by atoms with E-state index in [1.807, 2.05) is 13.8 Å². The number of hydrogen-bond acceptors (Lipinski definition) is 6. The van der Waals surface area contributed by atoms with Crippen molar-refractivity contribution in [2.75, 3.05) is 6.79 Å². The minimum Gasteiger partial charge on any atom is -0.454 e. The van der Waals surface area contributed by atoms with Gasteiger partial charge in [-0.05, 0) is 36.2 Å². The number of hydrogen-bond donors (Lipinski definition) is 1. The quantitative estimate of drug-likeness (QED) is 0.722. The van der Waals surface area contributed by atoms with Gasteiger partial charge in [-0.25, -0.2) is 4.39 Å². The molecule has 1 N–H and O–H groups in total. The van der Waals surface area contributed by atoms with Gasteiger partial charge in [0, 0.05) is 5.56 Å². The van der Waals surface area contributed by atoms with Crippen molar-refractivity contribution in [3.8, 4) is 22.9 Å². The van der Waals surface area contributed by atoms with Crippen LogP contribution in [-0.4, -0.2) is 22.8 Å². The van der Waals surface area contributed by atoms with Gasteiger partial charge in [-0.2, -0.15) is 4.98 Å². The third kappa shape index (κ3) is 3.40. The van der Waals surface area contributed by atoms with Crippen molar-refractivity contribution < 1.29 is 23.2 Å². The minimum absolute atomic E-state index is 0.0383. The zero-order valence-corrected chi connectivity index (χ0v) is 15.3. The Bertz CT molecular complexity index is 1020. The van der Waals surface area contributed by atoms with Crippen LogP contribution < -0.4 is 14.8 Å². The molecule has 7 nitrogen and oxygen atoms in total. The Balaban J connectivity index is 1.58. The summed E-state index contributed by atoms with van der Waals surface area (Å²) in [5, 5.41) is 6.78. The van der Waals surface area contributed by atoms with Crippen LogP contribution in [0.1, 0.15) is 36.1 Å². The van der Waals surface area contributed by atoms with Gasteiger partial charge in [0.1, 0.15) is 11.9 Å². The second-order valence-corrected chi connectivity index (χ2v) is 6.70. The van der Waals surface area contributed by atoms with Crippen molar-refractivity contribution >= 4 is 5.91 Å².